The van der Waals surface area contributed by atoms with Gasteiger partial charge in [-0.3, -0.25) is 9.78 Å². The zero-order valence-corrected chi connectivity index (χ0v) is 9.82. The van der Waals surface area contributed by atoms with E-state index in [0.29, 0.717) is 5.69 Å². The highest BCUT2D eigenvalue weighted by atomic mass is 16.5. The van der Waals surface area contributed by atoms with Gasteiger partial charge in [-0.05, 0) is 24.5 Å². The van der Waals surface area contributed by atoms with Gasteiger partial charge in [-0.1, -0.05) is 19.4 Å². The normalized spacial score (nSPS) is 10.1. The van der Waals surface area contributed by atoms with Crippen molar-refractivity contribution in [3.05, 3.63) is 29.6 Å². The van der Waals surface area contributed by atoms with Crippen LogP contribution in [0.1, 0.15) is 35.8 Å². The lowest BCUT2D eigenvalue weighted by Crippen LogP contribution is -2.26. The summed E-state index contributed by atoms with van der Waals surface area (Å²) in [6.45, 7) is 2.36. The lowest BCUT2D eigenvalue weighted by atomic mass is 10.1. The van der Waals surface area contributed by atoms with Crippen LogP contribution in [0.2, 0.25) is 0 Å². The molecule has 16 heavy (non-hydrogen) atoms. The fourth-order valence-electron chi connectivity index (χ4n) is 1.32. The van der Waals surface area contributed by atoms with Crippen LogP contribution < -0.4 is 5.32 Å². The molecule has 1 aromatic heterocycles. The summed E-state index contributed by atoms with van der Waals surface area (Å²) in [4.78, 5) is 15.6. The number of pyridine rings is 1. The Morgan fingerprint density at radius 2 is 2.31 bits per heavy atom. The Hall–Kier alpha value is -1.42. The van der Waals surface area contributed by atoms with Gasteiger partial charge in [0, 0.05) is 13.3 Å². The molecule has 0 aliphatic carbocycles. The third-order valence-corrected chi connectivity index (χ3v) is 2.25. The van der Waals surface area contributed by atoms with Crippen LogP contribution in [0.4, 0.5) is 0 Å². The van der Waals surface area contributed by atoms with Crippen molar-refractivity contribution < 1.29 is 9.53 Å². The Labute approximate surface area is 96.0 Å². The summed E-state index contributed by atoms with van der Waals surface area (Å²) in [5.41, 5.74) is 1.60. The number of ether oxygens (including phenoxy) is 1. The molecular formula is C12H18N2O2. The van der Waals surface area contributed by atoms with Crippen molar-refractivity contribution >= 4 is 5.91 Å². The molecule has 0 bridgehead atoms. The Kier molecular flexibility index (Phi) is 5.50. The number of hydrogen-bond donors (Lipinski definition) is 1. The number of rotatable bonds is 6. The van der Waals surface area contributed by atoms with Crippen molar-refractivity contribution in [3.63, 3.8) is 0 Å². The lowest BCUT2D eigenvalue weighted by Gasteiger charge is -2.04. The molecule has 0 spiro atoms. The summed E-state index contributed by atoms with van der Waals surface area (Å²) < 4.78 is 4.75. The average molecular weight is 222 g/mol. The van der Waals surface area contributed by atoms with Crippen LogP contribution in [0, 0.1) is 0 Å². The molecule has 0 radical (unpaired) electrons. The number of nitrogens with zero attached hydrogens (tertiary/aromatic N) is 1. The molecule has 1 rings (SSSR count). The van der Waals surface area contributed by atoms with Crippen LogP contribution >= 0.6 is 0 Å². The highest BCUT2D eigenvalue weighted by Crippen LogP contribution is 2.04. The van der Waals surface area contributed by atoms with Gasteiger partial charge >= 0.3 is 0 Å². The van der Waals surface area contributed by atoms with E-state index in [0.717, 1.165) is 19.3 Å². The molecule has 0 fully saturated rings. The SMILES string of the molecule is CCCCc1ccc(C(=O)NCOC)nc1. The van der Waals surface area contributed by atoms with Gasteiger partial charge in [-0.2, -0.15) is 0 Å². The number of nitrogens with one attached hydrogen (secondary N) is 1. The van der Waals surface area contributed by atoms with Crippen LogP contribution in [0.15, 0.2) is 18.3 Å². The molecule has 1 amide bonds. The summed E-state index contributed by atoms with van der Waals surface area (Å²) in [5, 5.41) is 2.59. The first-order chi connectivity index (χ1) is 7.77. The van der Waals surface area contributed by atoms with E-state index in [1.165, 1.54) is 12.7 Å². The number of aryl methyl sites for hydroxylation is 1. The average Bonchev–Trinajstić information content (AvgIpc) is 2.34. The lowest BCUT2D eigenvalue weighted by molar-refractivity contribution is 0.0867. The molecular weight excluding hydrogens is 204 g/mol. The van der Waals surface area contributed by atoms with Crippen molar-refractivity contribution in [2.45, 2.75) is 26.2 Å². The van der Waals surface area contributed by atoms with Crippen molar-refractivity contribution in [2.24, 2.45) is 0 Å². The second-order valence-electron chi connectivity index (χ2n) is 3.59. The predicted molar refractivity (Wildman–Crippen MR) is 62.2 cm³/mol. The Bertz CT molecular complexity index is 322. The van der Waals surface area contributed by atoms with Gasteiger partial charge in [0.15, 0.2) is 0 Å². The quantitative estimate of drug-likeness (QED) is 0.746. The molecule has 0 atom stereocenters. The first-order valence-electron chi connectivity index (χ1n) is 5.50. The number of hydrogen-bond acceptors (Lipinski definition) is 3. The molecule has 0 saturated carbocycles. The van der Waals surface area contributed by atoms with E-state index in [9.17, 15) is 4.79 Å². The second kappa shape index (κ2) is 6.95. The van der Waals surface area contributed by atoms with Crippen LogP contribution in [0.3, 0.4) is 0 Å². The van der Waals surface area contributed by atoms with Crippen molar-refractivity contribution in [1.29, 1.82) is 0 Å². The molecule has 0 unspecified atom stereocenters. The number of carbonyl (C=O) groups excluding carboxylic acids is 1. The van der Waals surface area contributed by atoms with E-state index in [1.54, 1.807) is 12.3 Å². The minimum atomic E-state index is -0.205. The van der Waals surface area contributed by atoms with Gasteiger partial charge in [0.2, 0.25) is 0 Å². The van der Waals surface area contributed by atoms with E-state index >= 15 is 0 Å². The molecule has 88 valence electrons. The summed E-state index contributed by atoms with van der Waals surface area (Å²) in [7, 11) is 1.53. The number of methoxy groups -OCH3 is 1. The van der Waals surface area contributed by atoms with Crippen LogP contribution in [0.5, 0.6) is 0 Å². The highest BCUT2D eigenvalue weighted by Gasteiger charge is 2.05. The fourth-order valence-corrected chi connectivity index (χ4v) is 1.32. The predicted octanol–water partition coefficient (Wildman–Crippen LogP) is 1.76. The first kappa shape index (κ1) is 12.6. The summed E-state index contributed by atoms with van der Waals surface area (Å²) in [6, 6.07) is 3.69. The van der Waals surface area contributed by atoms with E-state index in [4.69, 9.17) is 4.74 Å². The van der Waals surface area contributed by atoms with Gasteiger partial charge in [-0.15, -0.1) is 0 Å². The molecule has 0 aliphatic heterocycles. The molecule has 1 N–H and O–H groups in total. The number of carbonyl (C=O) groups is 1. The van der Waals surface area contributed by atoms with Crippen LogP contribution in [-0.4, -0.2) is 24.7 Å². The standard InChI is InChI=1S/C12H18N2O2/c1-3-4-5-10-6-7-11(13-8-10)12(15)14-9-16-2/h6-8H,3-5,9H2,1-2H3,(H,14,15). The van der Waals surface area contributed by atoms with Gasteiger partial charge in [0.25, 0.3) is 5.91 Å². The zero-order valence-electron chi connectivity index (χ0n) is 9.82. The molecule has 4 nitrogen and oxygen atoms in total. The molecule has 1 aromatic rings. The first-order valence-corrected chi connectivity index (χ1v) is 5.50. The molecule has 0 aromatic carbocycles. The van der Waals surface area contributed by atoms with Gasteiger partial charge in [0.05, 0.1) is 0 Å². The highest BCUT2D eigenvalue weighted by molar-refractivity contribution is 5.92. The summed E-state index contributed by atoms with van der Waals surface area (Å²) in [6.07, 6.45) is 5.09. The number of amides is 1. The number of aromatic nitrogens is 1. The Morgan fingerprint density at radius 1 is 1.50 bits per heavy atom. The molecule has 0 saturated heterocycles. The smallest absolute Gasteiger partial charge is 0.271 e. The van der Waals surface area contributed by atoms with Crippen LogP contribution in [0.25, 0.3) is 0 Å². The minimum absolute atomic E-state index is 0.205. The third-order valence-electron chi connectivity index (χ3n) is 2.25. The maximum atomic E-state index is 11.5. The van der Waals surface area contributed by atoms with E-state index in [-0.39, 0.29) is 12.6 Å². The second-order valence-corrected chi connectivity index (χ2v) is 3.59. The van der Waals surface area contributed by atoms with Crippen molar-refractivity contribution in [3.8, 4) is 0 Å². The van der Waals surface area contributed by atoms with Gasteiger partial charge in [-0.25, -0.2) is 0 Å². The van der Waals surface area contributed by atoms with Crippen molar-refractivity contribution in [2.75, 3.05) is 13.8 Å². The van der Waals surface area contributed by atoms with E-state index in [2.05, 4.69) is 17.2 Å². The van der Waals surface area contributed by atoms with E-state index in [1.807, 2.05) is 6.07 Å². The Morgan fingerprint density at radius 3 is 2.88 bits per heavy atom. The van der Waals surface area contributed by atoms with Gasteiger partial charge in [0.1, 0.15) is 12.4 Å². The number of unbranched alkanes of at least 4 members (excludes halogenated alkanes) is 1. The van der Waals surface area contributed by atoms with Crippen LogP contribution in [-0.2, 0) is 11.2 Å². The molecule has 1 heterocycles. The summed E-state index contributed by atoms with van der Waals surface area (Å²) >= 11 is 0. The van der Waals surface area contributed by atoms with Crippen molar-refractivity contribution in [1.82, 2.24) is 10.3 Å². The monoisotopic (exact) mass is 222 g/mol. The van der Waals surface area contributed by atoms with E-state index < -0.39 is 0 Å². The Balaban J connectivity index is 2.53. The largest absolute Gasteiger partial charge is 0.364 e. The molecule has 4 heteroatoms. The third kappa shape index (κ3) is 3.98. The molecule has 0 aliphatic rings. The summed E-state index contributed by atoms with van der Waals surface area (Å²) in [5.74, 6) is -0.205. The zero-order chi connectivity index (χ0) is 11.8. The topological polar surface area (TPSA) is 51.2 Å². The fraction of sp³-hybridized carbons (Fsp3) is 0.500. The minimum Gasteiger partial charge on any atom is -0.364 e. The van der Waals surface area contributed by atoms with Gasteiger partial charge < -0.3 is 10.1 Å². The maximum absolute atomic E-state index is 11.5. The maximum Gasteiger partial charge on any atom is 0.271 e.